The van der Waals surface area contributed by atoms with E-state index < -0.39 is 30.3 Å². The number of halogens is 5. The summed E-state index contributed by atoms with van der Waals surface area (Å²) in [5.74, 6) is -1.38. The van der Waals surface area contributed by atoms with Crippen molar-refractivity contribution in [1.82, 2.24) is 19.7 Å². The molecular weight excluding hydrogens is 571 g/mol. The zero-order chi connectivity index (χ0) is 30.9. The van der Waals surface area contributed by atoms with Gasteiger partial charge in [0.2, 0.25) is 5.88 Å². The third-order valence-electron chi connectivity index (χ3n) is 7.41. The minimum absolute atomic E-state index is 0.0509. The number of aromatic nitrogens is 3. The van der Waals surface area contributed by atoms with Crippen LogP contribution in [0.4, 0.5) is 33.3 Å². The second kappa shape index (κ2) is 12.1. The Morgan fingerprint density at radius 3 is 2.47 bits per heavy atom. The summed E-state index contributed by atoms with van der Waals surface area (Å²) < 4.78 is 72.5. The first-order chi connectivity index (χ1) is 20.4. The van der Waals surface area contributed by atoms with E-state index in [-0.39, 0.29) is 24.5 Å². The number of anilines is 2. The SMILES string of the molecule is CCc1nc2cc(F)ccn2c1C(=O)NCc1ccc(N2C[C@H](C)N(c3ccc(OCC(F)(F)F)nc3)C[C@H]2C)c(F)c1. The van der Waals surface area contributed by atoms with Crippen LogP contribution in [0.15, 0.2) is 54.9 Å². The van der Waals surface area contributed by atoms with E-state index in [1.165, 1.54) is 41.1 Å². The highest BCUT2D eigenvalue weighted by Crippen LogP contribution is 2.30. The summed E-state index contributed by atoms with van der Waals surface area (Å²) in [5, 5.41) is 2.82. The summed E-state index contributed by atoms with van der Waals surface area (Å²) in [6, 6.07) is 10.3. The molecule has 4 aromatic rings. The maximum Gasteiger partial charge on any atom is 0.422 e. The molecule has 2 atom stereocenters. The third-order valence-corrected chi connectivity index (χ3v) is 7.41. The van der Waals surface area contributed by atoms with E-state index in [9.17, 15) is 22.4 Å². The van der Waals surface area contributed by atoms with Gasteiger partial charge in [-0.3, -0.25) is 9.20 Å². The van der Waals surface area contributed by atoms with Crippen molar-refractivity contribution in [3.8, 4) is 5.88 Å². The molecule has 1 aromatic carbocycles. The van der Waals surface area contributed by atoms with Gasteiger partial charge in [-0.15, -0.1) is 0 Å². The molecule has 0 radical (unpaired) electrons. The van der Waals surface area contributed by atoms with Crippen LogP contribution in [-0.2, 0) is 13.0 Å². The molecule has 43 heavy (non-hydrogen) atoms. The molecule has 3 aromatic heterocycles. The van der Waals surface area contributed by atoms with Gasteiger partial charge in [-0.1, -0.05) is 13.0 Å². The highest BCUT2D eigenvalue weighted by Gasteiger charge is 2.32. The third kappa shape index (κ3) is 6.65. The van der Waals surface area contributed by atoms with Crippen molar-refractivity contribution in [3.05, 3.63) is 83.4 Å². The van der Waals surface area contributed by atoms with Crippen LogP contribution in [-0.4, -0.2) is 58.2 Å². The number of pyridine rings is 2. The Morgan fingerprint density at radius 2 is 1.79 bits per heavy atom. The number of aryl methyl sites for hydroxylation is 1. The van der Waals surface area contributed by atoms with Crippen molar-refractivity contribution in [2.24, 2.45) is 0 Å². The van der Waals surface area contributed by atoms with Gasteiger partial charge in [0, 0.05) is 50.0 Å². The van der Waals surface area contributed by atoms with Gasteiger partial charge in [0.1, 0.15) is 23.0 Å². The lowest BCUT2D eigenvalue weighted by atomic mass is 10.1. The topological polar surface area (TPSA) is 75.0 Å². The monoisotopic (exact) mass is 602 g/mol. The van der Waals surface area contributed by atoms with Crippen LogP contribution >= 0.6 is 0 Å². The predicted octanol–water partition coefficient (Wildman–Crippen LogP) is 5.54. The molecule has 0 aliphatic carbocycles. The maximum absolute atomic E-state index is 15.4. The Balaban J connectivity index is 1.23. The molecule has 1 saturated heterocycles. The molecule has 228 valence electrons. The van der Waals surface area contributed by atoms with Crippen LogP contribution in [0.2, 0.25) is 0 Å². The van der Waals surface area contributed by atoms with E-state index in [0.29, 0.717) is 47.8 Å². The van der Waals surface area contributed by atoms with E-state index in [2.05, 4.69) is 20.2 Å². The molecule has 8 nitrogen and oxygen atoms in total. The van der Waals surface area contributed by atoms with Crippen LogP contribution in [0.25, 0.3) is 5.65 Å². The lowest BCUT2D eigenvalue weighted by Gasteiger charge is -2.46. The number of carbonyl (C=O) groups is 1. The van der Waals surface area contributed by atoms with Crippen LogP contribution in [0, 0.1) is 11.6 Å². The molecule has 0 bridgehead atoms. The fourth-order valence-corrected chi connectivity index (χ4v) is 5.32. The molecule has 0 spiro atoms. The van der Waals surface area contributed by atoms with Crippen LogP contribution < -0.4 is 19.9 Å². The normalized spacial score (nSPS) is 17.4. The number of hydrogen-bond acceptors (Lipinski definition) is 6. The minimum Gasteiger partial charge on any atom is -0.468 e. The Labute approximate surface area is 245 Å². The van der Waals surface area contributed by atoms with Crippen molar-refractivity contribution in [3.63, 3.8) is 0 Å². The van der Waals surface area contributed by atoms with Crippen molar-refractivity contribution in [2.75, 3.05) is 29.5 Å². The van der Waals surface area contributed by atoms with Gasteiger partial charge in [0.05, 0.1) is 23.3 Å². The molecule has 13 heteroatoms. The number of nitrogens with one attached hydrogen (secondary N) is 1. The number of ether oxygens (including phenoxy) is 1. The van der Waals surface area contributed by atoms with Gasteiger partial charge < -0.3 is 19.9 Å². The van der Waals surface area contributed by atoms with Crippen molar-refractivity contribution in [2.45, 2.75) is 52.0 Å². The molecular formula is C30H31F5N6O2. The fourth-order valence-electron chi connectivity index (χ4n) is 5.32. The molecule has 1 fully saturated rings. The number of fused-ring (bicyclic) bond motifs is 1. The number of imidazole rings is 1. The highest BCUT2D eigenvalue weighted by atomic mass is 19.4. The smallest absolute Gasteiger partial charge is 0.422 e. The van der Waals surface area contributed by atoms with Gasteiger partial charge in [0.15, 0.2) is 6.61 Å². The second-order valence-electron chi connectivity index (χ2n) is 10.6. The first-order valence-electron chi connectivity index (χ1n) is 13.9. The summed E-state index contributed by atoms with van der Waals surface area (Å²) in [4.78, 5) is 25.4. The van der Waals surface area contributed by atoms with Crippen molar-refractivity contribution >= 4 is 22.9 Å². The van der Waals surface area contributed by atoms with Gasteiger partial charge in [0.25, 0.3) is 5.91 Å². The number of benzene rings is 1. The first kappa shape index (κ1) is 30.1. The number of hydrogen-bond donors (Lipinski definition) is 1. The Morgan fingerprint density at radius 1 is 1.05 bits per heavy atom. The van der Waals surface area contributed by atoms with Crippen molar-refractivity contribution < 1.29 is 31.5 Å². The summed E-state index contributed by atoms with van der Waals surface area (Å²) in [5.41, 5.74) is 2.92. The average molecular weight is 603 g/mol. The van der Waals surface area contributed by atoms with E-state index in [1.54, 1.807) is 18.2 Å². The number of carbonyl (C=O) groups excluding carboxylic acids is 1. The first-order valence-corrected chi connectivity index (χ1v) is 13.9. The predicted molar refractivity (Wildman–Crippen MR) is 152 cm³/mol. The quantitative estimate of drug-likeness (QED) is 0.267. The Kier molecular flexibility index (Phi) is 8.43. The number of amides is 1. The van der Waals surface area contributed by atoms with Crippen LogP contribution in [0.5, 0.6) is 5.88 Å². The molecule has 4 heterocycles. The van der Waals surface area contributed by atoms with E-state index in [0.717, 1.165) is 5.69 Å². The number of piperazine rings is 1. The van der Waals surface area contributed by atoms with Crippen molar-refractivity contribution in [1.29, 1.82) is 0 Å². The molecule has 5 rings (SSSR count). The van der Waals surface area contributed by atoms with Crippen LogP contribution in [0.3, 0.4) is 0 Å². The fraction of sp³-hybridized carbons (Fsp3) is 0.367. The molecule has 0 unspecified atom stereocenters. The lowest BCUT2D eigenvalue weighted by molar-refractivity contribution is -0.154. The Hall–Kier alpha value is -4.42. The van der Waals surface area contributed by atoms with Gasteiger partial charge in [-0.05, 0) is 50.1 Å². The maximum atomic E-state index is 15.4. The van der Waals surface area contributed by atoms with Gasteiger partial charge >= 0.3 is 6.18 Å². The molecule has 1 amide bonds. The highest BCUT2D eigenvalue weighted by molar-refractivity contribution is 5.94. The summed E-state index contributed by atoms with van der Waals surface area (Å²) in [7, 11) is 0. The van der Waals surface area contributed by atoms with Gasteiger partial charge in [-0.25, -0.2) is 18.7 Å². The number of rotatable bonds is 8. The molecule has 1 aliphatic rings. The van der Waals surface area contributed by atoms with E-state index in [4.69, 9.17) is 4.74 Å². The molecule has 0 saturated carbocycles. The molecule has 1 N–H and O–H groups in total. The average Bonchev–Trinajstić information content (AvgIpc) is 3.34. The minimum atomic E-state index is -4.44. The zero-order valence-electron chi connectivity index (χ0n) is 23.8. The summed E-state index contributed by atoms with van der Waals surface area (Å²) >= 11 is 0. The van der Waals surface area contributed by atoms with E-state index in [1.807, 2.05) is 25.7 Å². The van der Waals surface area contributed by atoms with Gasteiger partial charge in [-0.2, -0.15) is 13.2 Å². The molecule has 1 aliphatic heterocycles. The summed E-state index contributed by atoms with van der Waals surface area (Å²) in [6.45, 7) is 5.51. The standard InChI is InChI=1S/C30H31F5N6O2/c1-4-24-28(39-10-9-21(31)12-26(39)38-24)29(42)37-13-20-5-7-25(23(32)11-20)41-16-18(2)40(15-19(41)3)22-6-8-27(36-14-22)43-17-30(33,34)35/h5-12,14,18-19H,4,13,15-17H2,1-3H3,(H,37,42)/t18-,19+/m0/s1. The summed E-state index contributed by atoms with van der Waals surface area (Å²) in [6.07, 6.45) is -1.03. The number of alkyl halides is 3. The lowest BCUT2D eigenvalue weighted by Crippen LogP contribution is -2.57. The largest absolute Gasteiger partial charge is 0.468 e. The Bertz CT molecular complexity index is 1610. The van der Waals surface area contributed by atoms with Crippen LogP contribution in [0.1, 0.15) is 42.5 Å². The zero-order valence-corrected chi connectivity index (χ0v) is 23.8. The number of nitrogens with zero attached hydrogens (tertiary/aromatic N) is 5. The van der Waals surface area contributed by atoms with E-state index >= 15 is 4.39 Å². The second-order valence-corrected chi connectivity index (χ2v) is 10.6.